The van der Waals surface area contributed by atoms with Gasteiger partial charge < -0.3 is 4.74 Å². The number of amides is 1. The molecule has 1 saturated heterocycles. The second kappa shape index (κ2) is 11.4. The molecule has 0 aromatic heterocycles. The van der Waals surface area contributed by atoms with E-state index in [2.05, 4.69) is 12.3 Å². The van der Waals surface area contributed by atoms with E-state index in [9.17, 15) is 18.0 Å². The number of carbonyl (C=O) groups is 1. The molecule has 34 heavy (non-hydrogen) atoms. The van der Waals surface area contributed by atoms with Gasteiger partial charge in [0.2, 0.25) is 5.91 Å². The number of hydrogen-bond acceptors (Lipinski definition) is 3. The number of ether oxygens (including phenoxy) is 1. The number of fused-ring (bicyclic) bond motifs is 1. The Morgan fingerprint density at radius 2 is 1.65 bits per heavy atom. The van der Waals surface area contributed by atoms with Gasteiger partial charge in [-0.2, -0.15) is 13.2 Å². The van der Waals surface area contributed by atoms with Crippen molar-refractivity contribution in [3.8, 4) is 5.75 Å². The van der Waals surface area contributed by atoms with E-state index in [-0.39, 0.29) is 17.9 Å². The number of nitrogens with zero attached hydrogens (tertiary/aromatic N) is 1. The van der Waals surface area contributed by atoms with Crippen LogP contribution in [0.15, 0.2) is 36.4 Å². The number of unbranched alkanes of at least 4 members (excludes halogenated alkanes) is 7. The van der Waals surface area contributed by atoms with Gasteiger partial charge in [-0.25, -0.2) is 5.01 Å². The maximum Gasteiger partial charge on any atom is 0.410 e. The molecule has 2 aromatic rings. The molecule has 1 aliphatic heterocycles. The van der Waals surface area contributed by atoms with Gasteiger partial charge in [-0.15, -0.1) is 0 Å². The summed E-state index contributed by atoms with van der Waals surface area (Å²) in [5, 5.41) is 2.21. The molecule has 1 unspecified atom stereocenters. The minimum absolute atomic E-state index is 0.0449. The fourth-order valence-corrected chi connectivity index (χ4v) is 4.57. The second-order valence-electron chi connectivity index (χ2n) is 9.92. The van der Waals surface area contributed by atoms with E-state index in [0.717, 1.165) is 24.3 Å². The van der Waals surface area contributed by atoms with Crippen molar-refractivity contribution in [1.82, 2.24) is 10.4 Å². The summed E-state index contributed by atoms with van der Waals surface area (Å²) < 4.78 is 49.5. The van der Waals surface area contributed by atoms with E-state index in [1.807, 2.05) is 0 Å². The van der Waals surface area contributed by atoms with Gasteiger partial charge in [-0.3, -0.25) is 10.2 Å². The smallest absolute Gasteiger partial charge is 0.410 e. The van der Waals surface area contributed by atoms with Crippen LogP contribution in [0.1, 0.15) is 83.7 Å². The Labute approximate surface area is 200 Å². The molecule has 0 saturated carbocycles. The highest BCUT2D eigenvalue weighted by molar-refractivity contribution is 5.89. The molecule has 1 fully saturated rings. The monoisotopic (exact) mass is 478 g/mol. The van der Waals surface area contributed by atoms with Gasteiger partial charge in [0.05, 0.1) is 12.0 Å². The zero-order valence-electron chi connectivity index (χ0n) is 20.5. The maximum absolute atomic E-state index is 14.5. The van der Waals surface area contributed by atoms with Crippen LogP contribution < -0.4 is 10.2 Å². The topological polar surface area (TPSA) is 41.6 Å². The Kier molecular flexibility index (Phi) is 8.85. The van der Waals surface area contributed by atoms with Crippen molar-refractivity contribution in [2.45, 2.75) is 84.4 Å². The van der Waals surface area contributed by atoms with Gasteiger partial charge in [0.1, 0.15) is 5.75 Å². The summed E-state index contributed by atoms with van der Waals surface area (Å²) in [5.41, 5.74) is 1.61. The highest BCUT2D eigenvalue weighted by Gasteiger charge is 2.52. The summed E-state index contributed by atoms with van der Waals surface area (Å²) in [7, 11) is 0. The molecule has 1 heterocycles. The Morgan fingerprint density at radius 3 is 2.26 bits per heavy atom. The number of carbonyl (C=O) groups excluding carboxylic acids is 1. The van der Waals surface area contributed by atoms with Crippen LogP contribution in [-0.2, 0) is 4.79 Å². The van der Waals surface area contributed by atoms with E-state index in [0.29, 0.717) is 17.4 Å². The fraction of sp³-hybridized carbons (Fsp3) is 0.593. The molecule has 4 nitrogen and oxygen atoms in total. The minimum Gasteiger partial charge on any atom is -0.493 e. The standard InChI is InChI=1S/C27H37F3N2O2/c1-4-5-6-7-8-9-10-13-18-34-22-17-16-20-14-11-12-15-21(20)23(22)24(27(28,29)30)32-19-26(2,3)25(33)31-32/h11-12,14-17,24H,4-10,13,18-19H2,1-3H3,(H,31,33). The van der Waals surface area contributed by atoms with Gasteiger partial charge in [0.25, 0.3) is 0 Å². The molecule has 1 atom stereocenters. The number of benzene rings is 2. The number of hydrazine groups is 1. The lowest BCUT2D eigenvalue weighted by molar-refractivity contribution is -0.191. The summed E-state index contributed by atoms with van der Waals surface area (Å²) in [5.74, 6) is -0.189. The van der Waals surface area contributed by atoms with Crippen molar-refractivity contribution in [2.75, 3.05) is 13.2 Å². The van der Waals surface area contributed by atoms with Crippen LogP contribution in [0, 0.1) is 5.41 Å². The lowest BCUT2D eigenvalue weighted by atomic mass is 9.92. The minimum atomic E-state index is -4.60. The van der Waals surface area contributed by atoms with Crippen LogP contribution in [0.4, 0.5) is 13.2 Å². The third kappa shape index (κ3) is 6.44. The van der Waals surface area contributed by atoms with E-state index < -0.39 is 23.5 Å². The summed E-state index contributed by atoms with van der Waals surface area (Å²) in [4.78, 5) is 12.3. The molecule has 1 amide bonds. The SMILES string of the molecule is CCCCCCCCCCOc1ccc2ccccc2c1C(N1CC(C)(C)C(=O)N1)C(F)(F)F. The molecule has 3 rings (SSSR count). The molecule has 0 bridgehead atoms. The summed E-state index contributed by atoms with van der Waals surface area (Å²) in [6, 6.07) is 8.44. The molecule has 1 N–H and O–H groups in total. The van der Waals surface area contributed by atoms with Gasteiger partial charge in [-0.1, -0.05) is 82.2 Å². The molecule has 0 aliphatic carbocycles. The van der Waals surface area contributed by atoms with Crippen LogP contribution in [0.5, 0.6) is 5.75 Å². The van der Waals surface area contributed by atoms with Crippen molar-refractivity contribution in [2.24, 2.45) is 5.41 Å². The Balaban J connectivity index is 1.80. The predicted octanol–water partition coefficient (Wildman–Crippen LogP) is 7.34. The molecule has 2 aromatic carbocycles. The third-order valence-corrected chi connectivity index (χ3v) is 6.51. The van der Waals surface area contributed by atoms with Crippen molar-refractivity contribution >= 4 is 16.7 Å². The first-order valence-electron chi connectivity index (χ1n) is 12.4. The highest BCUT2D eigenvalue weighted by atomic mass is 19.4. The first-order valence-corrected chi connectivity index (χ1v) is 12.4. The Bertz CT molecular complexity index is 959. The highest BCUT2D eigenvalue weighted by Crippen LogP contribution is 2.46. The van der Waals surface area contributed by atoms with Crippen LogP contribution in [0.2, 0.25) is 0 Å². The van der Waals surface area contributed by atoms with Gasteiger partial charge in [0, 0.05) is 12.1 Å². The second-order valence-corrected chi connectivity index (χ2v) is 9.92. The normalized spacial score (nSPS) is 17.2. The van der Waals surface area contributed by atoms with Crippen molar-refractivity contribution in [3.63, 3.8) is 0 Å². The Morgan fingerprint density at radius 1 is 1.00 bits per heavy atom. The molecular weight excluding hydrogens is 441 g/mol. The number of halogens is 3. The van der Waals surface area contributed by atoms with Gasteiger partial charge >= 0.3 is 6.18 Å². The van der Waals surface area contributed by atoms with Crippen molar-refractivity contribution in [1.29, 1.82) is 0 Å². The molecule has 0 radical (unpaired) electrons. The molecular formula is C27H37F3N2O2. The van der Waals surface area contributed by atoms with Crippen LogP contribution in [0.3, 0.4) is 0 Å². The molecule has 0 spiro atoms. The molecule has 7 heteroatoms. The van der Waals surface area contributed by atoms with E-state index in [4.69, 9.17) is 4.74 Å². The third-order valence-electron chi connectivity index (χ3n) is 6.51. The summed E-state index contributed by atoms with van der Waals surface area (Å²) >= 11 is 0. The fourth-order valence-electron chi connectivity index (χ4n) is 4.57. The largest absolute Gasteiger partial charge is 0.493 e. The van der Waals surface area contributed by atoms with Crippen LogP contribution >= 0.6 is 0 Å². The zero-order valence-corrected chi connectivity index (χ0v) is 20.5. The lowest BCUT2D eigenvalue weighted by Crippen LogP contribution is -2.43. The first-order chi connectivity index (χ1) is 16.1. The van der Waals surface area contributed by atoms with E-state index in [1.54, 1.807) is 50.2 Å². The average Bonchev–Trinajstić information content (AvgIpc) is 3.04. The molecule has 1 aliphatic rings. The van der Waals surface area contributed by atoms with Crippen LogP contribution in [0.25, 0.3) is 10.8 Å². The maximum atomic E-state index is 14.5. The number of nitrogens with one attached hydrogen (secondary N) is 1. The summed E-state index contributed by atoms with van der Waals surface area (Å²) in [6.07, 6.45) is 4.46. The quantitative estimate of drug-likeness (QED) is 0.325. The van der Waals surface area contributed by atoms with E-state index >= 15 is 0 Å². The predicted molar refractivity (Wildman–Crippen MR) is 129 cm³/mol. The van der Waals surface area contributed by atoms with Gasteiger partial charge in [0.15, 0.2) is 6.04 Å². The van der Waals surface area contributed by atoms with E-state index in [1.165, 1.54) is 32.1 Å². The Hall–Kier alpha value is -2.28. The molecule has 188 valence electrons. The zero-order chi connectivity index (χ0) is 24.8. The number of rotatable bonds is 12. The lowest BCUT2D eigenvalue weighted by Gasteiger charge is -2.32. The van der Waals surface area contributed by atoms with Crippen LogP contribution in [-0.4, -0.2) is 30.2 Å². The average molecular weight is 479 g/mol. The first kappa shape index (κ1) is 26.3. The number of hydrogen-bond donors (Lipinski definition) is 1. The number of alkyl halides is 3. The van der Waals surface area contributed by atoms with Gasteiger partial charge in [-0.05, 0) is 37.1 Å². The summed E-state index contributed by atoms with van der Waals surface area (Å²) in [6.45, 7) is 5.82. The van der Waals surface area contributed by atoms with Crippen molar-refractivity contribution < 1.29 is 22.7 Å². The van der Waals surface area contributed by atoms with Crippen molar-refractivity contribution in [3.05, 3.63) is 42.0 Å².